The first-order valence-electron chi connectivity index (χ1n) is 3.89. The monoisotopic (exact) mass is 198 g/mol. The van der Waals surface area contributed by atoms with E-state index in [-0.39, 0.29) is 16.9 Å². The molecular weight excluding hydrogens is 188 g/mol. The van der Waals surface area contributed by atoms with Gasteiger partial charge in [0.15, 0.2) is 6.10 Å². The molecule has 76 valence electrons. The molecule has 1 aromatic rings. The Morgan fingerprint density at radius 1 is 1.43 bits per heavy atom. The molecule has 0 saturated carbocycles. The zero-order valence-corrected chi connectivity index (χ0v) is 7.21. The number of carboxylic acids is 1. The highest BCUT2D eigenvalue weighted by Gasteiger charge is 2.16. The molecule has 0 unspecified atom stereocenters. The zero-order valence-electron chi connectivity index (χ0n) is 7.21. The summed E-state index contributed by atoms with van der Waals surface area (Å²) < 4.78 is 0. The van der Waals surface area contributed by atoms with Gasteiger partial charge in [-0.1, -0.05) is 6.07 Å². The van der Waals surface area contributed by atoms with E-state index >= 15 is 0 Å². The summed E-state index contributed by atoms with van der Waals surface area (Å²) in [5.41, 5.74) is 0.308. The molecule has 0 aliphatic rings. The van der Waals surface area contributed by atoms with Gasteiger partial charge in [0.25, 0.3) is 0 Å². The van der Waals surface area contributed by atoms with Gasteiger partial charge >= 0.3 is 5.97 Å². The fourth-order valence-corrected chi connectivity index (χ4v) is 1.04. The van der Waals surface area contributed by atoms with Crippen molar-refractivity contribution in [3.05, 3.63) is 29.3 Å². The second-order valence-electron chi connectivity index (χ2n) is 2.79. The molecule has 0 saturated heterocycles. The van der Waals surface area contributed by atoms with Crippen molar-refractivity contribution in [2.45, 2.75) is 12.7 Å². The van der Waals surface area contributed by atoms with E-state index in [0.29, 0.717) is 0 Å². The van der Waals surface area contributed by atoms with Gasteiger partial charge in [0, 0.05) is 5.56 Å². The van der Waals surface area contributed by atoms with Crippen LogP contribution >= 0.6 is 0 Å². The van der Waals surface area contributed by atoms with Crippen molar-refractivity contribution >= 4 is 5.97 Å². The second kappa shape index (κ2) is 4.08. The third kappa shape index (κ3) is 2.01. The normalized spacial score (nSPS) is 12.4. The molecule has 5 nitrogen and oxygen atoms in total. The van der Waals surface area contributed by atoms with Crippen LogP contribution in [0.1, 0.15) is 17.2 Å². The number of aliphatic carboxylic acids is 1. The minimum atomic E-state index is -1.64. The van der Waals surface area contributed by atoms with E-state index < -0.39 is 18.7 Å². The van der Waals surface area contributed by atoms with Gasteiger partial charge in [-0.2, -0.15) is 0 Å². The molecule has 0 spiro atoms. The lowest BCUT2D eigenvalue weighted by molar-refractivity contribution is -0.146. The van der Waals surface area contributed by atoms with E-state index in [4.69, 9.17) is 20.4 Å². The van der Waals surface area contributed by atoms with Gasteiger partial charge in [-0.3, -0.25) is 0 Å². The molecule has 0 aromatic heterocycles. The summed E-state index contributed by atoms with van der Waals surface area (Å²) in [5.74, 6) is -1.51. The molecule has 0 fully saturated rings. The maximum absolute atomic E-state index is 10.4. The van der Waals surface area contributed by atoms with E-state index in [2.05, 4.69) is 0 Å². The van der Waals surface area contributed by atoms with E-state index in [9.17, 15) is 4.79 Å². The summed E-state index contributed by atoms with van der Waals surface area (Å²) >= 11 is 0. The first-order chi connectivity index (χ1) is 6.56. The van der Waals surface area contributed by atoms with E-state index in [0.717, 1.165) is 0 Å². The van der Waals surface area contributed by atoms with Gasteiger partial charge in [0.2, 0.25) is 0 Å². The van der Waals surface area contributed by atoms with Crippen molar-refractivity contribution in [3.8, 4) is 5.75 Å². The molecule has 5 heteroatoms. The molecule has 1 atom stereocenters. The Balaban J connectivity index is 3.06. The predicted molar refractivity (Wildman–Crippen MR) is 46.6 cm³/mol. The zero-order chi connectivity index (χ0) is 10.7. The lowest BCUT2D eigenvalue weighted by Gasteiger charge is -2.08. The topological polar surface area (TPSA) is 98.0 Å². The Hall–Kier alpha value is -1.59. The molecule has 14 heavy (non-hydrogen) atoms. The van der Waals surface area contributed by atoms with Crippen molar-refractivity contribution in [1.29, 1.82) is 0 Å². The van der Waals surface area contributed by atoms with Crippen LogP contribution in [0, 0.1) is 0 Å². The minimum Gasteiger partial charge on any atom is -0.508 e. The maximum atomic E-state index is 10.4. The SMILES string of the molecule is O=C(O)[C@H](O)c1ccc(O)c(CO)c1. The van der Waals surface area contributed by atoms with Gasteiger partial charge in [-0.25, -0.2) is 4.79 Å². The summed E-state index contributed by atoms with van der Waals surface area (Å²) in [7, 11) is 0. The first-order valence-corrected chi connectivity index (χ1v) is 3.89. The highest BCUT2D eigenvalue weighted by atomic mass is 16.4. The molecular formula is C9H10O5. The summed E-state index contributed by atoms with van der Waals surface area (Å²) in [6.45, 7) is -0.411. The third-order valence-corrected chi connectivity index (χ3v) is 1.82. The van der Waals surface area contributed by atoms with Gasteiger partial charge in [0.05, 0.1) is 6.61 Å². The number of phenols is 1. The molecule has 0 aliphatic heterocycles. The highest BCUT2D eigenvalue weighted by molar-refractivity contribution is 5.74. The van der Waals surface area contributed by atoms with Crippen LogP contribution in [0.2, 0.25) is 0 Å². The number of rotatable bonds is 3. The minimum absolute atomic E-state index is 0.124. The van der Waals surface area contributed by atoms with Crippen LogP contribution in [0.5, 0.6) is 5.75 Å². The van der Waals surface area contributed by atoms with Crippen LogP contribution in [-0.4, -0.2) is 26.4 Å². The van der Waals surface area contributed by atoms with E-state index in [1.54, 1.807) is 0 Å². The van der Waals surface area contributed by atoms with Crippen LogP contribution in [0.4, 0.5) is 0 Å². The number of benzene rings is 1. The Morgan fingerprint density at radius 2 is 2.07 bits per heavy atom. The van der Waals surface area contributed by atoms with Crippen LogP contribution in [-0.2, 0) is 11.4 Å². The first kappa shape index (κ1) is 10.5. The molecule has 0 aliphatic carbocycles. The largest absolute Gasteiger partial charge is 0.508 e. The third-order valence-electron chi connectivity index (χ3n) is 1.82. The van der Waals surface area contributed by atoms with Crippen LogP contribution in [0.3, 0.4) is 0 Å². The van der Waals surface area contributed by atoms with Crippen molar-refractivity contribution < 1.29 is 25.2 Å². The molecule has 0 radical (unpaired) electrons. The summed E-state index contributed by atoms with van der Waals surface area (Å²) in [4.78, 5) is 10.4. The summed E-state index contributed by atoms with van der Waals surface area (Å²) in [6.07, 6.45) is -1.64. The van der Waals surface area contributed by atoms with Crippen molar-refractivity contribution in [2.75, 3.05) is 0 Å². The van der Waals surface area contributed by atoms with Gasteiger partial charge in [0.1, 0.15) is 5.75 Å². The summed E-state index contributed by atoms with van der Waals surface area (Å²) in [5, 5.41) is 35.6. The van der Waals surface area contributed by atoms with E-state index in [1.807, 2.05) is 0 Å². The fraction of sp³-hybridized carbons (Fsp3) is 0.222. The smallest absolute Gasteiger partial charge is 0.337 e. The summed E-state index contributed by atoms with van der Waals surface area (Å²) in [6, 6.07) is 3.76. The lowest BCUT2D eigenvalue weighted by Crippen LogP contribution is -2.10. The fourth-order valence-electron chi connectivity index (χ4n) is 1.04. The second-order valence-corrected chi connectivity index (χ2v) is 2.79. The number of aromatic hydroxyl groups is 1. The Morgan fingerprint density at radius 3 is 2.57 bits per heavy atom. The molecule has 1 aromatic carbocycles. The quantitative estimate of drug-likeness (QED) is 0.548. The van der Waals surface area contributed by atoms with Crippen LogP contribution in [0.25, 0.3) is 0 Å². The number of hydrogen-bond acceptors (Lipinski definition) is 4. The van der Waals surface area contributed by atoms with Gasteiger partial charge in [-0.05, 0) is 17.7 Å². The van der Waals surface area contributed by atoms with Gasteiger partial charge < -0.3 is 20.4 Å². The van der Waals surface area contributed by atoms with Crippen LogP contribution < -0.4 is 0 Å². The number of carbonyl (C=O) groups is 1. The average Bonchev–Trinajstić information content (AvgIpc) is 2.17. The maximum Gasteiger partial charge on any atom is 0.337 e. The number of aliphatic hydroxyl groups excluding tert-OH is 2. The highest BCUT2D eigenvalue weighted by Crippen LogP contribution is 2.22. The van der Waals surface area contributed by atoms with Crippen molar-refractivity contribution in [2.24, 2.45) is 0 Å². The average molecular weight is 198 g/mol. The predicted octanol–water partition coefficient (Wildman–Crippen LogP) is 0.00250. The molecule has 0 amide bonds. The standard InChI is InChI=1S/C9H10O5/c10-4-6-3-5(1-2-7(6)11)8(12)9(13)14/h1-3,8,10-12H,4H2,(H,13,14)/t8-/m1/s1. The van der Waals surface area contributed by atoms with Gasteiger partial charge in [-0.15, -0.1) is 0 Å². The Labute approximate surface area is 79.9 Å². The lowest BCUT2D eigenvalue weighted by atomic mass is 10.1. The molecule has 0 bridgehead atoms. The molecule has 0 heterocycles. The van der Waals surface area contributed by atoms with Crippen molar-refractivity contribution in [3.63, 3.8) is 0 Å². The number of carboxylic acid groups (broad SMARTS) is 1. The molecule has 4 N–H and O–H groups in total. The van der Waals surface area contributed by atoms with Crippen molar-refractivity contribution in [1.82, 2.24) is 0 Å². The number of aliphatic hydroxyl groups is 2. The van der Waals surface area contributed by atoms with Crippen LogP contribution in [0.15, 0.2) is 18.2 Å². The Kier molecular flexibility index (Phi) is 3.06. The van der Waals surface area contributed by atoms with E-state index in [1.165, 1.54) is 18.2 Å². The Bertz CT molecular complexity index is 347. The number of hydrogen-bond donors (Lipinski definition) is 4. The molecule has 1 rings (SSSR count).